The van der Waals surface area contributed by atoms with E-state index in [0.717, 1.165) is 16.6 Å². The molecule has 0 radical (unpaired) electrons. The Bertz CT molecular complexity index is 875. The molecule has 6 heteroatoms. The van der Waals surface area contributed by atoms with Gasteiger partial charge in [-0.3, -0.25) is 24.0 Å². The fraction of sp³-hybridized carbons (Fsp3) is 0.500. The minimum absolute atomic E-state index is 0.220. The summed E-state index contributed by atoms with van der Waals surface area (Å²) in [5.74, 6) is -0.0238. The Morgan fingerprint density at radius 2 is 1.88 bits per heavy atom. The Labute approximate surface area is 140 Å². The van der Waals surface area contributed by atoms with Gasteiger partial charge in [-0.05, 0) is 29.9 Å². The molecule has 1 aliphatic rings. The zero-order valence-corrected chi connectivity index (χ0v) is 14.5. The number of nitrogens with zero attached hydrogens (tertiary/aromatic N) is 2. The van der Waals surface area contributed by atoms with Crippen LogP contribution in [-0.2, 0) is 16.6 Å². The lowest BCUT2D eigenvalue weighted by molar-refractivity contribution is -0.135. The number of para-hydroxylation sites is 1. The van der Waals surface area contributed by atoms with Gasteiger partial charge in [-0.25, -0.2) is 4.79 Å². The average molecular weight is 329 g/mol. The zero-order chi connectivity index (χ0) is 17.6. The first-order valence-corrected chi connectivity index (χ1v) is 8.36. The molecule has 2 heterocycles. The second kappa shape index (κ2) is 5.92. The van der Waals surface area contributed by atoms with Crippen molar-refractivity contribution in [2.45, 2.75) is 45.6 Å². The van der Waals surface area contributed by atoms with Gasteiger partial charge in [-0.1, -0.05) is 32.9 Å². The normalized spacial score (nSPS) is 19.8. The number of imidazole rings is 1. The fourth-order valence-electron chi connectivity index (χ4n) is 3.39. The van der Waals surface area contributed by atoms with Crippen molar-refractivity contribution in [2.75, 3.05) is 0 Å². The zero-order valence-electron chi connectivity index (χ0n) is 14.5. The topological polar surface area (TPSA) is 73.1 Å². The molecule has 1 aromatic carbocycles. The molecule has 1 unspecified atom stereocenters. The van der Waals surface area contributed by atoms with E-state index in [0.29, 0.717) is 12.3 Å². The molecule has 2 aromatic rings. The summed E-state index contributed by atoms with van der Waals surface area (Å²) in [4.78, 5) is 36.6. The first-order valence-electron chi connectivity index (χ1n) is 8.36. The molecule has 3 rings (SSSR count). The SMILES string of the molecule is CC(C)[C@@H](C)c1cccc2c1n(C1CCC(=O)NC1=O)c(=O)n2C. The number of hydrogen-bond acceptors (Lipinski definition) is 3. The molecule has 24 heavy (non-hydrogen) atoms. The fourth-order valence-corrected chi connectivity index (χ4v) is 3.39. The van der Waals surface area contributed by atoms with Crippen molar-refractivity contribution >= 4 is 22.8 Å². The van der Waals surface area contributed by atoms with E-state index >= 15 is 0 Å². The van der Waals surface area contributed by atoms with Gasteiger partial charge in [-0.2, -0.15) is 0 Å². The lowest BCUT2D eigenvalue weighted by Gasteiger charge is -2.24. The van der Waals surface area contributed by atoms with Crippen LogP contribution in [0.4, 0.5) is 0 Å². The Morgan fingerprint density at radius 1 is 1.17 bits per heavy atom. The van der Waals surface area contributed by atoms with Crippen LogP contribution in [0.25, 0.3) is 11.0 Å². The molecular formula is C18H23N3O3. The molecule has 1 aliphatic heterocycles. The van der Waals surface area contributed by atoms with Crippen LogP contribution in [0.15, 0.2) is 23.0 Å². The van der Waals surface area contributed by atoms with Crippen molar-refractivity contribution in [1.29, 1.82) is 0 Å². The molecule has 2 amide bonds. The van der Waals surface area contributed by atoms with Crippen LogP contribution in [0, 0.1) is 5.92 Å². The molecule has 0 bridgehead atoms. The van der Waals surface area contributed by atoms with E-state index in [1.807, 2.05) is 18.2 Å². The molecule has 1 fully saturated rings. The minimum Gasteiger partial charge on any atom is -0.295 e. The summed E-state index contributed by atoms with van der Waals surface area (Å²) in [7, 11) is 1.72. The highest BCUT2D eigenvalue weighted by molar-refractivity contribution is 6.00. The van der Waals surface area contributed by atoms with Gasteiger partial charge in [0, 0.05) is 13.5 Å². The van der Waals surface area contributed by atoms with E-state index in [2.05, 4.69) is 26.1 Å². The van der Waals surface area contributed by atoms with Crippen LogP contribution < -0.4 is 11.0 Å². The van der Waals surface area contributed by atoms with Crippen molar-refractivity contribution < 1.29 is 9.59 Å². The molecule has 2 atom stereocenters. The molecule has 1 aromatic heterocycles. The Balaban J connectivity index is 2.28. The summed E-state index contributed by atoms with van der Waals surface area (Å²) in [5.41, 5.74) is 2.46. The summed E-state index contributed by atoms with van der Waals surface area (Å²) >= 11 is 0. The predicted molar refractivity (Wildman–Crippen MR) is 91.9 cm³/mol. The second-order valence-electron chi connectivity index (χ2n) is 6.93. The van der Waals surface area contributed by atoms with Gasteiger partial charge in [0.1, 0.15) is 6.04 Å². The number of hydrogen-bond donors (Lipinski definition) is 1. The van der Waals surface area contributed by atoms with E-state index in [1.54, 1.807) is 16.2 Å². The van der Waals surface area contributed by atoms with E-state index < -0.39 is 11.9 Å². The Kier molecular flexibility index (Phi) is 4.07. The highest BCUT2D eigenvalue weighted by atomic mass is 16.2. The highest BCUT2D eigenvalue weighted by Gasteiger charge is 2.32. The third-order valence-corrected chi connectivity index (χ3v) is 5.15. The summed E-state index contributed by atoms with van der Waals surface area (Å²) in [6.45, 7) is 6.41. The largest absolute Gasteiger partial charge is 0.329 e. The molecule has 1 N–H and O–H groups in total. The highest BCUT2D eigenvalue weighted by Crippen LogP contribution is 2.32. The van der Waals surface area contributed by atoms with Crippen molar-refractivity contribution in [2.24, 2.45) is 13.0 Å². The van der Waals surface area contributed by atoms with E-state index in [1.165, 1.54) is 0 Å². The number of carbonyl (C=O) groups excluding carboxylic acids is 2. The number of benzene rings is 1. The summed E-state index contributed by atoms with van der Waals surface area (Å²) in [6.07, 6.45) is 0.606. The van der Waals surface area contributed by atoms with Gasteiger partial charge in [0.15, 0.2) is 0 Å². The number of fused-ring (bicyclic) bond motifs is 1. The average Bonchev–Trinajstić information content (AvgIpc) is 2.79. The second-order valence-corrected chi connectivity index (χ2v) is 6.93. The first kappa shape index (κ1) is 16.5. The number of piperidine rings is 1. The van der Waals surface area contributed by atoms with Crippen LogP contribution >= 0.6 is 0 Å². The Morgan fingerprint density at radius 3 is 2.50 bits per heavy atom. The van der Waals surface area contributed by atoms with Crippen LogP contribution in [0.1, 0.15) is 51.1 Å². The van der Waals surface area contributed by atoms with Crippen LogP contribution in [0.3, 0.4) is 0 Å². The third kappa shape index (κ3) is 2.46. The van der Waals surface area contributed by atoms with Gasteiger partial charge < -0.3 is 0 Å². The number of aromatic nitrogens is 2. The molecule has 0 saturated carbocycles. The molecule has 0 spiro atoms. The number of imide groups is 1. The predicted octanol–water partition coefficient (Wildman–Crippen LogP) is 2.08. The lowest BCUT2D eigenvalue weighted by Crippen LogP contribution is -2.44. The van der Waals surface area contributed by atoms with Gasteiger partial charge in [0.25, 0.3) is 0 Å². The number of nitrogens with one attached hydrogen (secondary N) is 1. The third-order valence-electron chi connectivity index (χ3n) is 5.15. The van der Waals surface area contributed by atoms with Crippen molar-refractivity contribution in [1.82, 2.24) is 14.5 Å². The molecule has 1 saturated heterocycles. The maximum absolute atomic E-state index is 12.8. The van der Waals surface area contributed by atoms with Gasteiger partial charge in [0.2, 0.25) is 11.8 Å². The van der Waals surface area contributed by atoms with Gasteiger partial charge in [-0.15, -0.1) is 0 Å². The number of amides is 2. The minimum atomic E-state index is -0.639. The smallest absolute Gasteiger partial charge is 0.295 e. The summed E-state index contributed by atoms with van der Waals surface area (Å²) in [5, 5.41) is 2.35. The lowest BCUT2D eigenvalue weighted by atomic mass is 9.89. The maximum atomic E-state index is 12.8. The van der Waals surface area contributed by atoms with Crippen LogP contribution in [0.2, 0.25) is 0 Å². The monoisotopic (exact) mass is 329 g/mol. The quantitative estimate of drug-likeness (QED) is 0.876. The standard InChI is InChI=1S/C18H23N3O3/c1-10(2)11(3)12-6-5-7-13-16(12)21(18(24)20(13)4)14-8-9-15(22)19-17(14)23/h5-7,10-11,14H,8-9H2,1-4H3,(H,19,22,23)/t11-,14?/m1/s1. The summed E-state index contributed by atoms with van der Waals surface area (Å²) < 4.78 is 3.15. The van der Waals surface area contributed by atoms with Crippen LogP contribution in [-0.4, -0.2) is 20.9 Å². The molecule has 6 nitrogen and oxygen atoms in total. The van der Waals surface area contributed by atoms with Gasteiger partial charge in [0.05, 0.1) is 11.0 Å². The van der Waals surface area contributed by atoms with E-state index in [-0.39, 0.29) is 23.9 Å². The first-order chi connectivity index (χ1) is 11.3. The number of aryl methyl sites for hydroxylation is 1. The molecule has 128 valence electrons. The number of carbonyl (C=O) groups is 2. The number of rotatable bonds is 3. The van der Waals surface area contributed by atoms with Crippen LogP contribution in [0.5, 0.6) is 0 Å². The van der Waals surface area contributed by atoms with Crippen molar-refractivity contribution in [3.63, 3.8) is 0 Å². The van der Waals surface area contributed by atoms with E-state index in [4.69, 9.17) is 0 Å². The maximum Gasteiger partial charge on any atom is 0.329 e. The van der Waals surface area contributed by atoms with Gasteiger partial charge >= 0.3 is 5.69 Å². The molecule has 0 aliphatic carbocycles. The molecular weight excluding hydrogens is 306 g/mol. The van der Waals surface area contributed by atoms with Crippen molar-refractivity contribution in [3.8, 4) is 0 Å². The Hall–Kier alpha value is -2.37. The van der Waals surface area contributed by atoms with Crippen molar-refractivity contribution in [3.05, 3.63) is 34.2 Å². The van der Waals surface area contributed by atoms with E-state index in [9.17, 15) is 14.4 Å². The summed E-state index contributed by atoms with van der Waals surface area (Å²) in [6, 6.07) is 5.23.